The van der Waals surface area contributed by atoms with Gasteiger partial charge in [0.1, 0.15) is 11.5 Å². The molecule has 34 heavy (non-hydrogen) atoms. The molecule has 0 aliphatic carbocycles. The summed E-state index contributed by atoms with van der Waals surface area (Å²) < 4.78 is 20.1. The molecule has 7 nitrogen and oxygen atoms in total. The van der Waals surface area contributed by atoms with Gasteiger partial charge in [0.15, 0.2) is 6.61 Å². The van der Waals surface area contributed by atoms with E-state index in [0.29, 0.717) is 25.3 Å². The van der Waals surface area contributed by atoms with E-state index < -0.39 is 17.9 Å². The van der Waals surface area contributed by atoms with Crippen LogP contribution in [-0.2, 0) is 16.1 Å². The van der Waals surface area contributed by atoms with Crippen molar-refractivity contribution in [1.82, 2.24) is 4.90 Å². The third kappa shape index (κ3) is 5.42. The van der Waals surface area contributed by atoms with Crippen molar-refractivity contribution in [3.05, 3.63) is 72.5 Å². The van der Waals surface area contributed by atoms with Crippen molar-refractivity contribution in [2.75, 3.05) is 24.6 Å². The van der Waals surface area contributed by atoms with Gasteiger partial charge in [0.25, 0.3) is 5.91 Å². The van der Waals surface area contributed by atoms with Crippen molar-refractivity contribution >= 4 is 17.6 Å². The Hall–Kier alpha value is -3.74. The van der Waals surface area contributed by atoms with Crippen LogP contribution in [0.5, 0.6) is 5.75 Å². The van der Waals surface area contributed by atoms with Crippen LogP contribution >= 0.6 is 0 Å². The molecule has 1 aromatic heterocycles. The van der Waals surface area contributed by atoms with Gasteiger partial charge in [-0.15, -0.1) is 0 Å². The highest BCUT2D eigenvalue weighted by atomic mass is 16.5. The number of hydrogen-bond acceptors (Lipinski definition) is 5. The second kappa shape index (κ2) is 10.5. The van der Waals surface area contributed by atoms with Gasteiger partial charge >= 0.3 is 5.97 Å². The first kappa shape index (κ1) is 22.1. The fraction of sp³-hybridized carbons (Fsp3) is 0.333. The summed E-state index contributed by atoms with van der Waals surface area (Å²) in [5.41, 5.74) is 2.68. The number of aliphatic carboxylic acids is 1. The Morgan fingerprint density at radius 2 is 1.94 bits per heavy atom. The van der Waals surface area contributed by atoms with E-state index in [1.165, 1.54) is 0 Å². The molecule has 4 rings (SSSR count). The maximum Gasteiger partial charge on any atom is 0.308 e. The lowest BCUT2D eigenvalue weighted by Crippen LogP contribution is -2.34. The number of nitrogens with zero attached hydrogens (tertiary/aromatic N) is 2. The third-order valence-electron chi connectivity index (χ3n) is 6.07. The van der Waals surface area contributed by atoms with Gasteiger partial charge in [0, 0.05) is 42.5 Å². The molecule has 2 heterocycles. The van der Waals surface area contributed by atoms with Crippen molar-refractivity contribution in [3.63, 3.8) is 0 Å². The molecule has 1 amide bonds. The number of carboxylic acid groups (broad SMARTS) is 1. The minimum absolute atomic E-state index is 0.161. The van der Waals surface area contributed by atoms with Crippen molar-refractivity contribution in [1.29, 1.82) is 0 Å². The summed E-state index contributed by atoms with van der Waals surface area (Å²) in [6.45, 7) is 4.54. The van der Waals surface area contributed by atoms with Crippen LogP contribution in [0.15, 0.2) is 71.3 Å². The standard InChI is InChI=1S/C27H30N2O5/c1-19(2)29(23-11-9-20(10-12-23)24-8-5-15-33-24)17-21-6-3-4-7-25(21)34-18-26(30)28-14-13-22(16-28)27(31)32/h3-12,15,19,22H,13-14,16-18H2,1-2H3,(H,31,32)/i19D. The molecule has 1 saturated heterocycles. The molecule has 3 aromatic rings. The Bertz CT molecular complexity index is 1160. The quantitative estimate of drug-likeness (QED) is 0.496. The number of ether oxygens (including phenoxy) is 1. The number of anilines is 1. The number of carbonyl (C=O) groups is 2. The van der Waals surface area contributed by atoms with Crippen LogP contribution in [0.3, 0.4) is 0 Å². The predicted molar refractivity (Wildman–Crippen MR) is 130 cm³/mol. The number of hydrogen-bond donors (Lipinski definition) is 1. The zero-order chi connectivity index (χ0) is 25.0. The molecule has 7 heteroatoms. The highest BCUT2D eigenvalue weighted by molar-refractivity contribution is 5.80. The van der Waals surface area contributed by atoms with Crippen molar-refractivity contribution in [2.24, 2.45) is 5.92 Å². The van der Waals surface area contributed by atoms with Crippen molar-refractivity contribution in [2.45, 2.75) is 32.8 Å². The minimum atomic E-state index is -0.920. The topological polar surface area (TPSA) is 83.2 Å². The maximum atomic E-state index is 12.6. The lowest BCUT2D eigenvalue weighted by molar-refractivity contribution is -0.141. The zero-order valence-electron chi connectivity index (χ0n) is 20.4. The lowest BCUT2D eigenvalue weighted by atomic mass is 10.1. The Morgan fingerprint density at radius 1 is 1.18 bits per heavy atom. The van der Waals surface area contributed by atoms with E-state index in [2.05, 4.69) is 0 Å². The number of benzene rings is 2. The van der Waals surface area contributed by atoms with E-state index >= 15 is 0 Å². The summed E-state index contributed by atoms with van der Waals surface area (Å²) in [5, 5.41) is 9.17. The average Bonchev–Trinajstić information content (AvgIpc) is 3.54. The molecule has 178 valence electrons. The van der Waals surface area contributed by atoms with Crippen molar-refractivity contribution < 1.29 is 25.2 Å². The number of furan rings is 1. The van der Waals surface area contributed by atoms with Gasteiger partial charge in [-0.25, -0.2) is 0 Å². The Balaban J connectivity index is 1.47. The summed E-state index contributed by atoms with van der Waals surface area (Å²) in [6.07, 6.45) is 2.10. The monoisotopic (exact) mass is 463 g/mol. The smallest absolute Gasteiger partial charge is 0.308 e. The Kier molecular flexibility index (Phi) is 6.79. The number of likely N-dealkylation sites (tertiary alicyclic amines) is 1. The average molecular weight is 464 g/mol. The van der Waals surface area contributed by atoms with Gasteiger partial charge in [-0.3, -0.25) is 9.59 Å². The molecule has 1 N–H and O–H groups in total. The summed E-state index contributed by atoms with van der Waals surface area (Å²) in [4.78, 5) is 27.3. The van der Waals surface area contributed by atoms with Crippen molar-refractivity contribution in [3.8, 4) is 17.1 Å². The molecular weight excluding hydrogens is 432 g/mol. The van der Waals surface area contributed by atoms with Crippen LogP contribution in [0.2, 0.25) is 0 Å². The van der Waals surface area contributed by atoms with E-state index in [4.69, 9.17) is 15.6 Å². The van der Waals surface area contributed by atoms with Crippen LogP contribution in [-0.4, -0.2) is 47.6 Å². The highest BCUT2D eigenvalue weighted by Gasteiger charge is 2.31. The third-order valence-corrected chi connectivity index (χ3v) is 6.07. The molecule has 0 bridgehead atoms. The van der Waals surface area contributed by atoms with Crippen LogP contribution in [0.25, 0.3) is 11.3 Å². The Morgan fingerprint density at radius 3 is 2.59 bits per heavy atom. The van der Waals surface area contributed by atoms with Gasteiger partial charge in [-0.1, -0.05) is 18.2 Å². The summed E-state index contributed by atoms with van der Waals surface area (Å²) in [5.74, 6) is -0.268. The number of para-hydroxylation sites is 1. The molecular formula is C27H30N2O5. The number of carbonyl (C=O) groups excluding carboxylic acids is 1. The molecule has 1 aliphatic heterocycles. The first-order valence-electron chi connectivity index (χ1n) is 11.9. The Labute approximate surface area is 201 Å². The van der Waals surface area contributed by atoms with Gasteiger partial charge in [-0.2, -0.15) is 0 Å². The maximum absolute atomic E-state index is 12.6. The number of carboxylic acids is 1. The molecule has 1 aliphatic rings. The van der Waals surface area contributed by atoms with Gasteiger partial charge in [-0.05, 0) is 62.7 Å². The molecule has 1 fully saturated rings. The van der Waals surface area contributed by atoms with Crippen LogP contribution < -0.4 is 9.64 Å². The van der Waals surface area contributed by atoms with E-state index in [0.717, 1.165) is 22.6 Å². The SMILES string of the molecule is [2H]C(C)(C)N(Cc1ccccc1OCC(=O)N1CCC(C(=O)O)C1)c1ccc(-c2ccco2)cc1. The van der Waals surface area contributed by atoms with E-state index in [1.54, 1.807) is 11.2 Å². The van der Waals surface area contributed by atoms with E-state index in [9.17, 15) is 9.59 Å². The normalized spacial score (nSPS) is 16.2. The van der Waals surface area contributed by atoms with Gasteiger partial charge in [0.05, 0.1) is 13.6 Å². The second-order valence-electron chi connectivity index (χ2n) is 8.62. The number of rotatable bonds is 9. The summed E-state index contributed by atoms with van der Waals surface area (Å²) >= 11 is 0. The minimum Gasteiger partial charge on any atom is -0.483 e. The molecule has 0 radical (unpaired) electrons. The van der Waals surface area contributed by atoms with E-state index in [1.807, 2.05) is 79.4 Å². The molecule has 0 saturated carbocycles. The van der Waals surface area contributed by atoms with Crippen LogP contribution in [0, 0.1) is 5.92 Å². The lowest BCUT2D eigenvalue weighted by Gasteiger charge is -2.30. The fourth-order valence-corrected chi connectivity index (χ4v) is 4.12. The van der Waals surface area contributed by atoms with Gasteiger partial charge < -0.3 is 24.1 Å². The van der Waals surface area contributed by atoms with E-state index in [-0.39, 0.29) is 19.1 Å². The second-order valence-corrected chi connectivity index (χ2v) is 8.62. The first-order valence-corrected chi connectivity index (χ1v) is 11.4. The first-order chi connectivity index (χ1) is 16.7. The predicted octanol–water partition coefficient (Wildman–Crippen LogP) is 4.67. The summed E-state index contributed by atoms with van der Waals surface area (Å²) in [7, 11) is 0. The fourth-order valence-electron chi connectivity index (χ4n) is 4.12. The van der Waals surface area contributed by atoms with Crippen LogP contribution in [0.1, 0.15) is 27.2 Å². The summed E-state index contributed by atoms with van der Waals surface area (Å²) in [6, 6.07) is 18.2. The molecule has 1 atom stereocenters. The molecule has 0 spiro atoms. The highest BCUT2D eigenvalue weighted by Crippen LogP contribution is 2.28. The van der Waals surface area contributed by atoms with Crippen LogP contribution in [0.4, 0.5) is 5.69 Å². The largest absolute Gasteiger partial charge is 0.483 e. The molecule has 1 unspecified atom stereocenters. The zero-order valence-corrected chi connectivity index (χ0v) is 19.4. The molecule has 2 aromatic carbocycles. The number of amides is 1. The van der Waals surface area contributed by atoms with Gasteiger partial charge in [0.2, 0.25) is 0 Å².